The molecule has 0 amide bonds. The largest absolute Gasteiger partial charge is 0.481 e. The zero-order chi connectivity index (χ0) is 70.3. The molecule has 3 heterocycles. The van der Waals surface area contributed by atoms with E-state index in [9.17, 15) is 15.3 Å². The van der Waals surface area contributed by atoms with E-state index in [2.05, 4.69) is 135 Å². The Morgan fingerprint density at radius 1 is 0.323 bits per heavy atom. The molecule has 99 heavy (non-hydrogen) atoms. The van der Waals surface area contributed by atoms with Gasteiger partial charge in [0.25, 0.3) is 0 Å². The number of rotatable bonds is 24. The molecule has 0 bridgehead atoms. The van der Waals surface area contributed by atoms with E-state index in [0.717, 1.165) is 116 Å². The van der Waals surface area contributed by atoms with E-state index in [4.69, 9.17) is 29.2 Å². The molecule has 0 fully saturated rings. The second kappa shape index (κ2) is 33.8. The maximum absolute atomic E-state index is 12.5. The van der Waals surface area contributed by atoms with E-state index < -0.39 is 16.8 Å². The average molecular weight is 1520 g/mol. The van der Waals surface area contributed by atoms with Gasteiger partial charge < -0.3 is 44.2 Å². The van der Waals surface area contributed by atoms with E-state index in [-0.39, 0.29) is 17.8 Å². The minimum atomic E-state index is -1.18. The molecule has 12 rings (SSSR count). The highest BCUT2D eigenvalue weighted by atomic mass is 79.9. The molecule has 0 aliphatic carbocycles. The van der Waals surface area contributed by atoms with Crippen molar-refractivity contribution in [3.63, 3.8) is 0 Å². The van der Waals surface area contributed by atoms with Crippen LogP contribution in [0.2, 0.25) is 0 Å². The molecule has 0 aliphatic heterocycles. The van der Waals surface area contributed by atoms with Gasteiger partial charge in [0.1, 0.15) is 16.8 Å². The molecule has 510 valence electrons. The van der Waals surface area contributed by atoms with Crippen molar-refractivity contribution < 1.29 is 29.5 Å². The van der Waals surface area contributed by atoms with E-state index in [1.54, 1.807) is 21.3 Å². The fourth-order valence-corrected chi connectivity index (χ4v) is 14.5. The molecule has 3 N–H and O–H groups in total. The lowest BCUT2D eigenvalue weighted by atomic mass is 9.71. The molecule has 15 heteroatoms. The molecule has 0 aliphatic rings. The summed E-state index contributed by atoms with van der Waals surface area (Å²) in [7, 11) is 17.1. The van der Waals surface area contributed by atoms with Gasteiger partial charge in [-0.2, -0.15) is 0 Å². The van der Waals surface area contributed by atoms with Crippen molar-refractivity contribution in [1.82, 2.24) is 29.7 Å². The first-order chi connectivity index (χ1) is 47.8. The van der Waals surface area contributed by atoms with Gasteiger partial charge in [0.05, 0.1) is 37.9 Å². The van der Waals surface area contributed by atoms with Crippen LogP contribution in [0.4, 0.5) is 0 Å². The Kier molecular flexibility index (Phi) is 25.1. The lowest BCUT2D eigenvalue weighted by molar-refractivity contribution is 0.00351. The minimum Gasteiger partial charge on any atom is -0.481 e. The normalized spacial score (nSPS) is 14.2. The number of methoxy groups -OCH3 is 3. The molecule has 12 nitrogen and oxygen atoms in total. The summed E-state index contributed by atoms with van der Waals surface area (Å²) in [4.78, 5) is 20.8. The highest BCUT2D eigenvalue weighted by Crippen LogP contribution is 2.51. The summed E-state index contributed by atoms with van der Waals surface area (Å²) in [6.07, 6.45) is 1.63. The topological polar surface area (TPSA) is 137 Å². The van der Waals surface area contributed by atoms with Crippen LogP contribution in [0.15, 0.2) is 268 Å². The van der Waals surface area contributed by atoms with E-state index >= 15 is 0 Å². The monoisotopic (exact) mass is 1510 g/mol. The van der Waals surface area contributed by atoms with Crippen molar-refractivity contribution >= 4 is 80.5 Å². The molecule has 0 saturated heterocycles. The Labute approximate surface area is 608 Å². The van der Waals surface area contributed by atoms with Gasteiger partial charge in [-0.3, -0.25) is 0 Å². The van der Waals surface area contributed by atoms with Crippen LogP contribution in [0.25, 0.3) is 32.7 Å². The molecule has 0 radical (unpaired) electrons. The molecule has 12 aromatic rings. The molecular weight excluding hydrogens is 1430 g/mol. The quantitative estimate of drug-likeness (QED) is 0.0531. The van der Waals surface area contributed by atoms with Crippen LogP contribution in [-0.2, 0) is 16.8 Å². The number of aromatic nitrogens is 3. The van der Waals surface area contributed by atoms with Crippen molar-refractivity contribution in [2.45, 2.75) is 53.8 Å². The second-order valence-corrected chi connectivity index (χ2v) is 28.6. The zero-order valence-electron chi connectivity index (χ0n) is 57.6. The van der Waals surface area contributed by atoms with E-state index in [1.807, 2.05) is 224 Å². The lowest BCUT2D eigenvalue weighted by Gasteiger charge is -2.39. The molecule has 0 spiro atoms. The van der Waals surface area contributed by atoms with Gasteiger partial charge in [-0.05, 0) is 168 Å². The number of fused-ring (bicyclic) bond motifs is 3. The van der Waals surface area contributed by atoms with Gasteiger partial charge in [0, 0.05) is 83.7 Å². The fraction of sp³-hybridized carbons (Fsp3) is 0.250. The van der Waals surface area contributed by atoms with Crippen molar-refractivity contribution in [3.8, 4) is 17.6 Å². The van der Waals surface area contributed by atoms with Crippen molar-refractivity contribution in [1.29, 1.82) is 0 Å². The highest BCUT2D eigenvalue weighted by molar-refractivity contribution is 9.11. The maximum atomic E-state index is 12.5. The van der Waals surface area contributed by atoms with Crippen LogP contribution in [-0.4, -0.2) is 128 Å². The highest BCUT2D eigenvalue weighted by Gasteiger charge is 2.45. The van der Waals surface area contributed by atoms with Crippen LogP contribution in [0, 0.1) is 0 Å². The zero-order valence-corrected chi connectivity index (χ0v) is 62.4. The fourth-order valence-electron chi connectivity index (χ4n) is 13.4. The third kappa shape index (κ3) is 17.5. The Hall–Kier alpha value is -8.19. The maximum Gasteiger partial charge on any atom is 0.217 e. The summed E-state index contributed by atoms with van der Waals surface area (Å²) in [5, 5.41) is 40.5. The van der Waals surface area contributed by atoms with Gasteiger partial charge in [0.2, 0.25) is 17.6 Å². The first-order valence-electron chi connectivity index (χ1n) is 33.1. The smallest absolute Gasteiger partial charge is 0.217 e. The SMILES string of the molecule is COc1nc2ccc(Br)cc2cc1C(c1ccccc1)C(O)(CCN(C)C)c1ccccc1.COc1nc2ccc(Br)cc2cc1C(c1ccccc1)C(O)(CCN(C)C)c1ccccc1.COc1nc2ccc(Br)cc2cc1C(c1ccccc1)C(O)(CCN(C)C)c1ccccc1. The van der Waals surface area contributed by atoms with Crippen LogP contribution in [0.1, 0.15) is 87.1 Å². The third-order valence-corrected chi connectivity index (χ3v) is 19.8. The molecule has 6 unspecified atom stereocenters. The van der Waals surface area contributed by atoms with Crippen LogP contribution in [0.3, 0.4) is 0 Å². The predicted octanol–water partition coefficient (Wildman–Crippen LogP) is 17.9. The van der Waals surface area contributed by atoms with Crippen LogP contribution < -0.4 is 14.2 Å². The minimum absolute atomic E-state index is 0.383. The third-order valence-electron chi connectivity index (χ3n) is 18.3. The molecule has 0 saturated carbocycles. The molecule has 3 aromatic heterocycles. The van der Waals surface area contributed by atoms with Crippen molar-refractivity contribution in [2.24, 2.45) is 0 Å². The van der Waals surface area contributed by atoms with Gasteiger partial charge >= 0.3 is 0 Å². The Bertz CT molecular complexity index is 4110. The van der Waals surface area contributed by atoms with Crippen molar-refractivity contribution in [2.75, 3.05) is 83.2 Å². The summed E-state index contributed by atoms with van der Waals surface area (Å²) in [6.45, 7) is 2.18. The standard InChI is InChI=1S/3C28H29BrN2O2/c3*1-31(2)17-16-28(32,22-12-8-5-9-13-22)26(20-10-6-4-7-11-20)24-19-21-18-23(29)14-15-25(21)30-27(24)33-3/h3*4-15,18-19,26,32H,16-17H2,1-3H3. The number of halogens is 3. The van der Waals surface area contributed by atoms with E-state index in [1.165, 1.54) is 0 Å². The number of benzene rings is 9. The van der Waals surface area contributed by atoms with Gasteiger partial charge in [-0.1, -0.05) is 230 Å². The number of pyridine rings is 3. The number of ether oxygens (including phenoxy) is 3. The number of hydrogen-bond acceptors (Lipinski definition) is 12. The van der Waals surface area contributed by atoms with Crippen LogP contribution >= 0.6 is 47.8 Å². The summed E-state index contributed by atoms with van der Waals surface area (Å²) < 4.78 is 20.3. The van der Waals surface area contributed by atoms with Gasteiger partial charge in [-0.15, -0.1) is 0 Å². The predicted molar refractivity (Wildman–Crippen MR) is 413 cm³/mol. The molecular formula is C84H87Br3N6O6. The Balaban J connectivity index is 0.000000161. The number of aliphatic hydroxyl groups is 3. The summed E-state index contributed by atoms with van der Waals surface area (Å²) in [6, 6.07) is 84.6. The number of nitrogens with zero attached hydrogens (tertiary/aromatic N) is 6. The van der Waals surface area contributed by atoms with E-state index in [0.29, 0.717) is 36.9 Å². The number of hydrogen-bond donors (Lipinski definition) is 3. The molecule has 9 aromatic carbocycles. The molecule has 6 atom stereocenters. The lowest BCUT2D eigenvalue weighted by Crippen LogP contribution is -2.37. The van der Waals surface area contributed by atoms with Crippen LogP contribution in [0.5, 0.6) is 17.6 Å². The first kappa shape index (κ1) is 73.5. The summed E-state index contributed by atoms with van der Waals surface area (Å²) >= 11 is 10.7. The first-order valence-corrected chi connectivity index (χ1v) is 35.5. The van der Waals surface area contributed by atoms with Gasteiger partial charge in [0.15, 0.2) is 0 Å². The summed E-state index contributed by atoms with van der Waals surface area (Å²) in [5.41, 5.74) is 7.24. The summed E-state index contributed by atoms with van der Waals surface area (Å²) in [5.74, 6) is 0.430. The Morgan fingerprint density at radius 3 is 0.758 bits per heavy atom. The van der Waals surface area contributed by atoms with Crippen molar-refractivity contribution in [3.05, 3.63) is 318 Å². The Morgan fingerprint density at radius 2 is 0.545 bits per heavy atom. The van der Waals surface area contributed by atoms with Gasteiger partial charge in [-0.25, -0.2) is 15.0 Å². The average Bonchev–Trinajstić information content (AvgIpc) is 0.765. The second-order valence-electron chi connectivity index (χ2n) is 25.8.